The minimum atomic E-state index is -3.75. The van der Waals surface area contributed by atoms with Crippen LogP contribution in [0.3, 0.4) is 0 Å². The Bertz CT molecular complexity index is 1170. The lowest BCUT2D eigenvalue weighted by molar-refractivity contribution is -0.131. The third-order valence-electron chi connectivity index (χ3n) is 5.51. The number of aryl methyl sites for hydroxylation is 2. The summed E-state index contributed by atoms with van der Waals surface area (Å²) in [5, 5.41) is 9.05. The van der Waals surface area contributed by atoms with E-state index in [-0.39, 0.29) is 23.3 Å². The number of benzene rings is 2. The SMILES string of the molecule is Cc1noc(C)c1COc1ccc(CC(=O)N(C)[C@H](C)c2ccc(S(N)(=O)=O)cc2)cc1. The lowest BCUT2D eigenvalue weighted by atomic mass is 10.1. The highest BCUT2D eigenvalue weighted by molar-refractivity contribution is 7.89. The van der Waals surface area contributed by atoms with Crippen molar-refractivity contribution in [3.05, 3.63) is 76.7 Å². The Kier molecular flexibility index (Phi) is 7.00. The molecule has 3 aromatic rings. The summed E-state index contributed by atoms with van der Waals surface area (Å²) < 4.78 is 33.8. The van der Waals surface area contributed by atoms with E-state index >= 15 is 0 Å². The van der Waals surface area contributed by atoms with Crippen molar-refractivity contribution in [3.8, 4) is 5.75 Å². The monoisotopic (exact) mass is 457 g/mol. The smallest absolute Gasteiger partial charge is 0.238 e. The highest BCUT2D eigenvalue weighted by Gasteiger charge is 2.19. The van der Waals surface area contributed by atoms with E-state index in [2.05, 4.69) is 5.16 Å². The number of hydrogen-bond donors (Lipinski definition) is 1. The van der Waals surface area contributed by atoms with Gasteiger partial charge in [0.2, 0.25) is 15.9 Å². The third kappa shape index (κ3) is 5.54. The fourth-order valence-electron chi connectivity index (χ4n) is 3.24. The van der Waals surface area contributed by atoms with Gasteiger partial charge in [-0.25, -0.2) is 13.6 Å². The largest absolute Gasteiger partial charge is 0.489 e. The highest BCUT2D eigenvalue weighted by atomic mass is 32.2. The maximum absolute atomic E-state index is 12.8. The molecule has 9 heteroatoms. The van der Waals surface area contributed by atoms with Crippen LogP contribution < -0.4 is 9.88 Å². The quantitative estimate of drug-likeness (QED) is 0.555. The van der Waals surface area contributed by atoms with Crippen LogP contribution in [0.15, 0.2) is 57.9 Å². The van der Waals surface area contributed by atoms with Crippen molar-refractivity contribution in [2.24, 2.45) is 5.14 Å². The van der Waals surface area contributed by atoms with Gasteiger partial charge < -0.3 is 14.2 Å². The van der Waals surface area contributed by atoms with Crippen LogP contribution in [0.2, 0.25) is 0 Å². The molecular formula is C23H27N3O5S. The van der Waals surface area contributed by atoms with E-state index in [9.17, 15) is 13.2 Å². The lowest BCUT2D eigenvalue weighted by Gasteiger charge is -2.25. The molecule has 32 heavy (non-hydrogen) atoms. The molecule has 2 N–H and O–H groups in total. The molecule has 0 unspecified atom stereocenters. The molecule has 0 saturated heterocycles. The van der Waals surface area contributed by atoms with E-state index in [1.807, 2.05) is 45.0 Å². The van der Waals surface area contributed by atoms with Crippen LogP contribution in [0, 0.1) is 13.8 Å². The summed E-state index contributed by atoms with van der Waals surface area (Å²) in [5.41, 5.74) is 3.41. The number of hydrogen-bond acceptors (Lipinski definition) is 6. The molecule has 170 valence electrons. The van der Waals surface area contributed by atoms with Gasteiger partial charge in [0.15, 0.2) is 0 Å². The van der Waals surface area contributed by atoms with Gasteiger partial charge in [-0.2, -0.15) is 0 Å². The van der Waals surface area contributed by atoms with Crippen LogP contribution in [-0.4, -0.2) is 31.4 Å². The Morgan fingerprint density at radius 1 is 1.12 bits per heavy atom. The Hall–Kier alpha value is -3.17. The third-order valence-corrected chi connectivity index (χ3v) is 6.44. The number of sulfonamides is 1. The Morgan fingerprint density at radius 3 is 2.28 bits per heavy atom. The number of ether oxygens (including phenoxy) is 1. The Balaban J connectivity index is 1.58. The van der Waals surface area contributed by atoms with Gasteiger partial charge >= 0.3 is 0 Å². The van der Waals surface area contributed by atoms with Gasteiger partial charge in [0, 0.05) is 7.05 Å². The fraction of sp³-hybridized carbons (Fsp3) is 0.304. The second-order valence-corrected chi connectivity index (χ2v) is 9.27. The molecule has 3 rings (SSSR count). The predicted octanol–water partition coefficient (Wildman–Crippen LogP) is 3.28. The van der Waals surface area contributed by atoms with Crippen LogP contribution in [0.4, 0.5) is 0 Å². The number of carbonyl (C=O) groups excluding carboxylic acids is 1. The topological polar surface area (TPSA) is 116 Å². The molecule has 1 amide bonds. The number of amides is 1. The average Bonchev–Trinajstić information content (AvgIpc) is 3.09. The van der Waals surface area contributed by atoms with Gasteiger partial charge in [-0.05, 0) is 56.2 Å². The first-order chi connectivity index (χ1) is 15.1. The molecule has 0 aliphatic carbocycles. The molecule has 1 atom stereocenters. The van der Waals surface area contributed by atoms with E-state index < -0.39 is 10.0 Å². The van der Waals surface area contributed by atoms with Crippen LogP contribution in [0.25, 0.3) is 0 Å². The molecule has 8 nitrogen and oxygen atoms in total. The van der Waals surface area contributed by atoms with Gasteiger partial charge in [0.25, 0.3) is 0 Å². The number of aromatic nitrogens is 1. The summed E-state index contributed by atoms with van der Waals surface area (Å²) >= 11 is 0. The van der Waals surface area contributed by atoms with Crippen molar-refractivity contribution >= 4 is 15.9 Å². The van der Waals surface area contributed by atoms with Crippen molar-refractivity contribution in [2.45, 2.75) is 44.7 Å². The second-order valence-electron chi connectivity index (χ2n) is 7.71. The molecule has 0 saturated carbocycles. The van der Waals surface area contributed by atoms with Crippen molar-refractivity contribution in [1.29, 1.82) is 0 Å². The standard InChI is InChI=1S/C23H27N3O5S/c1-15-22(17(3)31-25-15)14-30-20-9-5-18(6-10-20)13-23(27)26(4)16(2)19-7-11-21(12-8-19)32(24,28)29/h5-12,16H,13-14H2,1-4H3,(H2,24,28,29)/t16-/m1/s1. The van der Waals surface area contributed by atoms with Crippen molar-refractivity contribution < 1.29 is 22.5 Å². The first kappa shape index (κ1) is 23.5. The van der Waals surface area contributed by atoms with Gasteiger partial charge in [0.05, 0.1) is 28.6 Å². The zero-order chi connectivity index (χ0) is 23.5. The molecule has 0 radical (unpaired) electrons. The minimum absolute atomic E-state index is 0.0408. The Labute approximate surface area is 188 Å². The fourth-order valence-corrected chi connectivity index (χ4v) is 3.76. The van der Waals surface area contributed by atoms with Crippen LogP contribution in [-0.2, 0) is 27.8 Å². The number of carbonyl (C=O) groups is 1. The predicted molar refractivity (Wildman–Crippen MR) is 119 cm³/mol. The molecule has 1 heterocycles. The molecule has 1 aromatic heterocycles. The normalized spacial score (nSPS) is 12.4. The number of nitrogens with zero attached hydrogens (tertiary/aromatic N) is 2. The molecule has 0 fully saturated rings. The van der Waals surface area contributed by atoms with Crippen LogP contribution in [0.5, 0.6) is 5.75 Å². The van der Waals surface area contributed by atoms with E-state index in [4.69, 9.17) is 14.4 Å². The van der Waals surface area contributed by atoms with Crippen LogP contribution in [0.1, 0.15) is 41.1 Å². The van der Waals surface area contributed by atoms with Crippen molar-refractivity contribution in [1.82, 2.24) is 10.1 Å². The van der Waals surface area contributed by atoms with Gasteiger partial charge in [-0.3, -0.25) is 4.79 Å². The molecule has 0 aliphatic rings. The number of primary sulfonamides is 1. The van der Waals surface area contributed by atoms with Gasteiger partial charge in [0.1, 0.15) is 18.1 Å². The van der Waals surface area contributed by atoms with Gasteiger partial charge in [-0.1, -0.05) is 29.4 Å². The summed E-state index contributed by atoms with van der Waals surface area (Å²) in [5.74, 6) is 1.37. The number of rotatable bonds is 8. The highest BCUT2D eigenvalue weighted by Crippen LogP contribution is 2.22. The van der Waals surface area contributed by atoms with E-state index in [1.165, 1.54) is 12.1 Å². The van der Waals surface area contributed by atoms with E-state index in [1.54, 1.807) is 24.1 Å². The first-order valence-electron chi connectivity index (χ1n) is 10.1. The molecule has 2 aromatic carbocycles. The second kappa shape index (κ2) is 9.54. The lowest BCUT2D eigenvalue weighted by Crippen LogP contribution is -2.31. The molecule has 0 aliphatic heterocycles. The van der Waals surface area contributed by atoms with Gasteiger partial charge in [-0.15, -0.1) is 0 Å². The average molecular weight is 458 g/mol. The summed E-state index contributed by atoms with van der Waals surface area (Å²) in [4.78, 5) is 14.4. The van der Waals surface area contributed by atoms with Crippen molar-refractivity contribution in [3.63, 3.8) is 0 Å². The summed E-state index contributed by atoms with van der Waals surface area (Å²) in [6, 6.07) is 13.4. The zero-order valence-corrected chi connectivity index (χ0v) is 19.3. The maximum atomic E-state index is 12.8. The molecular weight excluding hydrogens is 430 g/mol. The molecule has 0 spiro atoms. The Morgan fingerprint density at radius 2 is 1.75 bits per heavy atom. The minimum Gasteiger partial charge on any atom is -0.489 e. The van der Waals surface area contributed by atoms with E-state index in [0.29, 0.717) is 12.4 Å². The van der Waals surface area contributed by atoms with Crippen molar-refractivity contribution in [2.75, 3.05) is 7.05 Å². The van der Waals surface area contributed by atoms with Crippen LogP contribution >= 0.6 is 0 Å². The summed E-state index contributed by atoms with van der Waals surface area (Å²) in [6.07, 6.45) is 0.236. The first-order valence-corrected chi connectivity index (χ1v) is 11.6. The number of nitrogens with two attached hydrogens (primary N) is 1. The molecule has 0 bridgehead atoms. The van der Waals surface area contributed by atoms with E-state index in [0.717, 1.165) is 28.1 Å². The maximum Gasteiger partial charge on any atom is 0.238 e. The number of likely N-dealkylation sites (N-methyl/N-ethyl adjacent to an activating group) is 1. The zero-order valence-electron chi connectivity index (χ0n) is 18.5. The summed E-state index contributed by atoms with van der Waals surface area (Å²) in [7, 11) is -2.02. The summed E-state index contributed by atoms with van der Waals surface area (Å²) in [6.45, 7) is 5.97.